The van der Waals surface area contributed by atoms with Gasteiger partial charge in [0.15, 0.2) is 0 Å². The molecule has 0 aromatic heterocycles. The highest BCUT2D eigenvalue weighted by Crippen LogP contribution is 2.19. The summed E-state index contributed by atoms with van der Waals surface area (Å²) in [5, 5.41) is 11.0. The van der Waals surface area contributed by atoms with E-state index < -0.39 is 18.5 Å². The lowest BCUT2D eigenvalue weighted by molar-refractivity contribution is -0.143. The molecule has 1 rings (SSSR count). The number of carbonyl (C=O) groups is 2. The molecule has 1 amide bonds. The molecule has 0 aliphatic carbocycles. The van der Waals surface area contributed by atoms with Crippen LogP contribution in [0.4, 0.5) is 5.69 Å². The van der Waals surface area contributed by atoms with Crippen LogP contribution >= 0.6 is 0 Å². The zero-order chi connectivity index (χ0) is 28.9. The number of rotatable bonds is 29. The number of nitrogens with two attached hydrogens (primary N) is 1. The molecule has 40 heavy (non-hydrogen) atoms. The van der Waals surface area contributed by atoms with E-state index in [0.717, 1.165) is 0 Å². The van der Waals surface area contributed by atoms with Crippen molar-refractivity contribution in [1.82, 2.24) is 5.32 Å². The van der Waals surface area contributed by atoms with Gasteiger partial charge in [0.05, 0.1) is 98.2 Å². The molecule has 1 aromatic carbocycles. The molecule has 230 valence electrons. The smallest absolute Gasteiger partial charge is 0.329 e. The molecule has 4 N–H and O–H groups in total. The summed E-state index contributed by atoms with van der Waals surface area (Å²) in [6.45, 7) is 6.17. The normalized spacial score (nSPS) is 11.0. The van der Waals surface area contributed by atoms with Gasteiger partial charge in [-0.1, -0.05) is 12.1 Å². The lowest BCUT2D eigenvalue weighted by atomic mass is 10.3. The Hall–Kier alpha value is -2.56. The maximum Gasteiger partial charge on any atom is 0.329 e. The third-order valence-electron chi connectivity index (χ3n) is 4.66. The largest absolute Gasteiger partial charge is 0.489 e. The first-order valence-electron chi connectivity index (χ1n) is 13.2. The van der Waals surface area contributed by atoms with Crippen molar-refractivity contribution in [3.63, 3.8) is 0 Å². The number of carboxylic acid groups (broad SMARTS) is 1. The van der Waals surface area contributed by atoms with Crippen LogP contribution in [-0.4, -0.2) is 136 Å². The van der Waals surface area contributed by atoms with E-state index in [1.165, 1.54) is 0 Å². The van der Waals surface area contributed by atoms with Gasteiger partial charge in [0.2, 0.25) is 5.91 Å². The maximum atomic E-state index is 11.3. The van der Waals surface area contributed by atoms with Gasteiger partial charge in [0.1, 0.15) is 25.6 Å². The number of aliphatic carboxylic acids is 1. The topological polar surface area (TPSA) is 175 Å². The number of nitrogen functional groups attached to an aromatic ring is 1. The second-order valence-corrected chi connectivity index (χ2v) is 7.91. The number of hydrogen-bond acceptors (Lipinski definition) is 12. The molecule has 14 nitrogen and oxygen atoms in total. The van der Waals surface area contributed by atoms with Gasteiger partial charge in [-0.3, -0.25) is 4.79 Å². The van der Waals surface area contributed by atoms with Crippen LogP contribution in [-0.2, 0) is 47.5 Å². The van der Waals surface area contributed by atoms with Gasteiger partial charge >= 0.3 is 5.97 Å². The highest BCUT2D eigenvalue weighted by atomic mass is 16.6. The fourth-order valence-corrected chi connectivity index (χ4v) is 2.79. The number of hydrogen-bond donors (Lipinski definition) is 3. The summed E-state index contributed by atoms with van der Waals surface area (Å²) in [6, 6.07) is 7.34. The van der Waals surface area contributed by atoms with Crippen LogP contribution in [0.3, 0.4) is 0 Å². The Kier molecular flexibility index (Phi) is 23.6. The van der Waals surface area contributed by atoms with Crippen LogP contribution < -0.4 is 15.8 Å². The summed E-state index contributed by atoms with van der Waals surface area (Å²) in [5.41, 5.74) is 6.41. The third kappa shape index (κ3) is 23.3. The van der Waals surface area contributed by atoms with Crippen molar-refractivity contribution in [1.29, 1.82) is 0 Å². The van der Waals surface area contributed by atoms with Gasteiger partial charge in [-0.2, -0.15) is 0 Å². The average Bonchev–Trinajstić information content (AvgIpc) is 2.93. The third-order valence-corrected chi connectivity index (χ3v) is 4.66. The van der Waals surface area contributed by atoms with Gasteiger partial charge < -0.3 is 58.8 Å². The van der Waals surface area contributed by atoms with Crippen molar-refractivity contribution in [2.45, 2.75) is 0 Å². The first-order valence-corrected chi connectivity index (χ1v) is 13.2. The first-order chi connectivity index (χ1) is 19.6. The lowest BCUT2D eigenvalue weighted by Crippen LogP contribution is -2.31. The molecule has 0 saturated heterocycles. The van der Waals surface area contributed by atoms with Gasteiger partial charge in [-0.25, -0.2) is 4.79 Å². The second-order valence-electron chi connectivity index (χ2n) is 7.91. The monoisotopic (exact) mass is 576 g/mol. The fraction of sp³-hybridized carbons (Fsp3) is 0.692. The minimum atomic E-state index is -1.12. The molecular formula is C26H44N2O12. The summed E-state index contributed by atoms with van der Waals surface area (Å²) in [6.07, 6.45) is 0. The summed E-state index contributed by atoms with van der Waals surface area (Å²) >= 11 is 0. The van der Waals surface area contributed by atoms with E-state index in [1.807, 2.05) is 18.2 Å². The molecule has 0 radical (unpaired) electrons. The number of nitrogens with one attached hydrogen (secondary N) is 1. The van der Waals surface area contributed by atoms with E-state index in [0.29, 0.717) is 117 Å². The molecule has 0 aliphatic heterocycles. The molecule has 0 unspecified atom stereocenters. The molecule has 14 heteroatoms. The number of ether oxygens (including phenoxy) is 9. The van der Waals surface area contributed by atoms with Crippen molar-refractivity contribution in [3.05, 3.63) is 24.3 Å². The van der Waals surface area contributed by atoms with Crippen LogP contribution in [0, 0.1) is 0 Å². The summed E-state index contributed by atoms with van der Waals surface area (Å²) in [7, 11) is 0. The van der Waals surface area contributed by atoms with Crippen molar-refractivity contribution < 1.29 is 57.3 Å². The zero-order valence-corrected chi connectivity index (χ0v) is 23.1. The van der Waals surface area contributed by atoms with Crippen molar-refractivity contribution >= 4 is 17.6 Å². The molecule has 0 saturated carbocycles. The van der Waals surface area contributed by atoms with Gasteiger partial charge in [0, 0.05) is 6.54 Å². The van der Waals surface area contributed by atoms with Crippen LogP contribution in [0.2, 0.25) is 0 Å². The molecule has 0 atom stereocenters. The Morgan fingerprint density at radius 3 is 1.48 bits per heavy atom. The number of carboxylic acids is 1. The summed E-state index contributed by atoms with van der Waals surface area (Å²) < 4.78 is 48.1. The van der Waals surface area contributed by atoms with Gasteiger partial charge in [-0.05, 0) is 12.1 Å². The van der Waals surface area contributed by atoms with E-state index in [2.05, 4.69) is 10.1 Å². The molecule has 0 fully saturated rings. The van der Waals surface area contributed by atoms with Gasteiger partial charge in [0.25, 0.3) is 0 Å². The average molecular weight is 577 g/mol. The van der Waals surface area contributed by atoms with Crippen molar-refractivity contribution in [2.24, 2.45) is 0 Å². The SMILES string of the molecule is Nc1ccccc1OCCOCCOCCOCCOCCOCCOCCOCCNC(=O)COCC(=O)O. The van der Waals surface area contributed by atoms with E-state index in [9.17, 15) is 9.59 Å². The predicted octanol–water partition coefficient (Wildman–Crippen LogP) is -0.0188. The second kappa shape index (κ2) is 26.7. The molecule has 0 heterocycles. The van der Waals surface area contributed by atoms with Crippen LogP contribution in [0.5, 0.6) is 5.75 Å². The van der Waals surface area contributed by atoms with Crippen molar-refractivity contribution in [2.75, 3.05) is 125 Å². The highest BCUT2D eigenvalue weighted by Gasteiger charge is 2.03. The van der Waals surface area contributed by atoms with E-state index in [4.69, 9.17) is 48.7 Å². The Balaban J connectivity index is 1.68. The number of para-hydroxylation sites is 2. The van der Waals surface area contributed by atoms with Crippen LogP contribution in [0.15, 0.2) is 24.3 Å². The van der Waals surface area contributed by atoms with Crippen LogP contribution in [0.1, 0.15) is 0 Å². The van der Waals surface area contributed by atoms with Crippen molar-refractivity contribution in [3.8, 4) is 5.75 Å². The van der Waals surface area contributed by atoms with Crippen LogP contribution in [0.25, 0.3) is 0 Å². The summed E-state index contributed by atoms with van der Waals surface area (Å²) in [4.78, 5) is 21.6. The van der Waals surface area contributed by atoms with E-state index in [1.54, 1.807) is 6.07 Å². The molecule has 0 bridgehead atoms. The number of benzene rings is 1. The Labute approximate surface area is 235 Å². The Morgan fingerprint density at radius 2 is 1.02 bits per heavy atom. The molecule has 1 aromatic rings. The lowest BCUT2D eigenvalue weighted by Gasteiger charge is -2.09. The molecule has 0 spiro atoms. The Morgan fingerprint density at radius 1 is 0.600 bits per heavy atom. The highest BCUT2D eigenvalue weighted by molar-refractivity contribution is 5.77. The number of carbonyl (C=O) groups excluding carboxylic acids is 1. The maximum absolute atomic E-state index is 11.3. The predicted molar refractivity (Wildman–Crippen MR) is 144 cm³/mol. The molecule has 0 aliphatic rings. The first kappa shape index (κ1) is 35.5. The van der Waals surface area contributed by atoms with Gasteiger partial charge in [-0.15, -0.1) is 0 Å². The standard InChI is InChI=1S/C26H44N2O12/c27-23-3-1-2-4-24(23)40-20-19-38-18-17-37-16-15-36-14-13-35-12-11-34-10-9-33-8-7-32-6-5-28-25(29)21-39-22-26(30)31/h1-4H,5-22,27H2,(H,28,29)(H,30,31). The molecular weight excluding hydrogens is 532 g/mol. The minimum Gasteiger partial charge on any atom is -0.489 e. The van der Waals surface area contributed by atoms with E-state index >= 15 is 0 Å². The summed E-state index contributed by atoms with van der Waals surface area (Å²) in [5.74, 6) is -0.862. The Bertz CT molecular complexity index is 756. The number of anilines is 1. The van der Waals surface area contributed by atoms with E-state index in [-0.39, 0.29) is 6.61 Å². The zero-order valence-electron chi connectivity index (χ0n) is 23.1. The fourth-order valence-electron chi connectivity index (χ4n) is 2.79. The number of amides is 1. The quantitative estimate of drug-likeness (QED) is 0.0858. The minimum absolute atomic E-state index is 0.300.